The van der Waals surface area contributed by atoms with Crippen LogP contribution in [0.15, 0.2) is 30.5 Å². The lowest BCUT2D eigenvalue weighted by atomic mass is 10.1. The third-order valence-electron chi connectivity index (χ3n) is 2.21. The first-order valence-electron chi connectivity index (χ1n) is 5.89. The highest BCUT2D eigenvalue weighted by Crippen LogP contribution is 2.09. The fourth-order valence-electron chi connectivity index (χ4n) is 1.36. The van der Waals surface area contributed by atoms with Gasteiger partial charge in [-0.3, -0.25) is 5.10 Å². The number of aliphatic hydroxyl groups excluding tert-OH is 1. The Bertz CT molecular complexity index is 547. The molecule has 2 rings (SSSR count). The zero-order valence-electron chi connectivity index (χ0n) is 12.0. The summed E-state index contributed by atoms with van der Waals surface area (Å²) < 4.78 is 0. The predicted molar refractivity (Wildman–Crippen MR) is 76.6 cm³/mol. The number of aliphatic hydroxyl groups is 1. The molecule has 0 aliphatic carbocycles. The number of hydrogen-bond donors (Lipinski definition) is 4. The maximum atomic E-state index is 10.5. The molecule has 0 fully saturated rings. The van der Waals surface area contributed by atoms with Gasteiger partial charge in [-0.15, -0.1) is 0 Å². The molecule has 114 valence electrons. The van der Waals surface area contributed by atoms with Crippen molar-refractivity contribution < 1.29 is 24.9 Å². The normalized spacial score (nSPS) is 8.76. The number of carboxylic acid groups (broad SMARTS) is 2. The van der Waals surface area contributed by atoms with Gasteiger partial charge in [-0.2, -0.15) is 5.10 Å². The minimum Gasteiger partial charge on any atom is -0.478 e. The molecule has 1 aromatic carbocycles. The Labute approximate surface area is 121 Å². The zero-order valence-corrected chi connectivity index (χ0v) is 12.0. The number of nitrogens with zero attached hydrogens (tertiary/aromatic N) is 1. The van der Waals surface area contributed by atoms with Crippen molar-refractivity contribution in [3.05, 3.63) is 52.8 Å². The minimum atomic E-state index is -1.12. The molecule has 1 heterocycles. The van der Waals surface area contributed by atoms with Crippen LogP contribution in [0.25, 0.3) is 0 Å². The lowest BCUT2D eigenvalue weighted by Crippen LogP contribution is -2.02. The van der Waals surface area contributed by atoms with E-state index in [0.29, 0.717) is 5.56 Å². The molecule has 0 saturated heterocycles. The summed E-state index contributed by atoms with van der Waals surface area (Å²) in [4.78, 5) is 21.1. The average molecular weight is 294 g/mol. The highest BCUT2D eigenvalue weighted by Gasteiger charge is 2.09. The van der Waals surface area contributed by atoms with Gasteiger partial charge < -0.3 is 15.3 Å². The van der Waals surface area contributed by atoms with Gasteiger partial charge in [-0.05, 0) is 43.7 Å². The monoisotopic (exact) mass is 294 g/mol. The Balaban J connectivity index is 0.000000416. The summed E-state index contributed by atoms with van der Waals surface area (Å²) >= 11 is 0. The van der Waals surface area contributed by atoms with E-state index in [9.17, 15) is 9.59 Å². The molecular weight excluding hydrogens is 276 g/mol. The fraction of sp³-hybridized carbons (Fsp3) is 0.214. The highest BCUT2D eigenvalue weighted by molar-refractivity contribution is 5.94. The Morgan fingerprint density at radius 2 is 1.48 bits per heavy atom. The van der Waals surface area contributed by atoms with Gasteiger partial charge in [-0.25, -0.2) is 9.59 Å². The molecule has 0 spiro atoms. The lowest BCUT2D eigenvalue weighted by molar-refractivity contribution is 0.0696. The van der Waals surface area contributed by atoms with E-state index >= 15 is 0 Å². The minimum absolute atomic E-state index is 0.00241. The zero-order chi connectivity index (χ0) is 16.4. The molecule has 2 aromatic rings. The van der Waals surface area contributed by atoms with E-state index < -0.39 is 11.9 Å². The molecule has 0 amide bonds. The standard InChI is InChI=1S/C9H8O4.C4H6N2.CH4O/c1-5-2-6(8(10)11)4-7(3-5)9(12)13;1-4-2-3-5-6-4;1-2/h2-4H,1H3,(H,10,11)(H,12,13);2-3H,1H3,(H,5,6);2H,1H3. The third kappa shape index (κ3) is 6.88. The highest BCUT2D eigenvalue weighted by atomic mass is 16.4. The molecule has 0 aliphatic rings. The van der Waals surface area contributed by atoms with Crippen LogP contribution in [0.3, 0.4) is 0 Å². The maximum Gasteiger partial charge on any atom is 0.335 e. The van der Waals surface area contributed by atoms with Crippen LogP contribution in [0.4, 0.5) is 0 Å². The Kier molecular flexibility index (Phi) is 8.09. The second kappa shape index (κ2) is 9.27. The van der Waals surface area contributed by atoms with Crippen molar-refractivity contribution in [2.24, 2.45) is 0 Å². The smallest absolute Gasteiger partial charge is 0.335 e. The van der Waals surface area contributed by atoms with Gasteiger partial charge >= 0.3 is 11.9 Å². The van der Waals surface area contributed by atoms with Crippen molar-refractivity contribution in [1.29, 1.82) is 0 Å². The number of carbonyl (C=O) groups is 2. The molecule has 7 heteroatoms. The van der Waals surface area contributed by atoms with Crippen molar-refractivity contribution in [2.75, 3.05) is 7.11 Å². The predicted octanol–water partition coefficient (Wildman–Crippen LogP) is 1.72. The van der Waals surface area contributed by atoms with Crippen LogP contribution < -0.4 is 0 Å². The molecular formula is C14H18N2O5. The Hall–Kier alpha value is -2.67. The van der Waals surface area contributed by atoms with Crippen LogP contribution in [-0.2, 0) is 0 Å². The SMILES string of the molecule is CO.Cc1cc(C(=O)O)cc(C(=O)O)c1.Cc1ccn[nH]1. The maximum absolute atomic E-state index is 10.5. The molecule has 0 bridgehead atoms. The summed E-state index contributed by atoms with van der Waals surface area (Å²) in [5, 5.41) is 30.7. The van der Waals surface area contributed by atoms with E-state index in [1.54, 1.807) is 13.1 Å². The van der Waals surface area contributed by atoms with E-state index in [1.165, 1.54) is 12.1 Å². The van der Waals surface area contributed by atoms with Gasteiger partial charge in [0.25, 0.3) is 0 Å². The van der Waals surface area contributed by atoms with E-state index in [1.807, 2.05) is 13.0 Å². The molecule has 0 saturated carbocycles. The summed E-state index contributed by atoms with van der Waals surface area (Å²) in [6, 6.07) is 5.90. The van der Waals surface area contributed by atoms with Gasteiger partial charge in [0.2, 0.25) is 0 Å². The summed E-state index contributed by atoms with van der Waals surface area (Å²) in [7, 11) is 1.00. The largest absolute Gasteiger partial charge is 0.478 e. The first-order valence-corrected chi connectivity index (χ1v) is 5.89. The number of aromatic carboxylic acids is 2. The number of carboxylic acids is 2. The van der Waals surface area contributed by atoms with E-state index in [-0.39, 0.29) is 11.1 Å². The number of rotatable bonds is 2. The number of aromatic amines is 1. The molecule has 0 unspecified atom stereocenters. The van der Waals surface area contributed by atoms with Crippen LogP contribution in [0.5, 0.6) is 0 Å². The van der Waals surface area contributed by atoms with Gasteiger partial charge in [0.1, 0.15) is 0 Å². The van der Waals surface area contributed by atoms with E-state index in [4.69, 9.17) is 15.3 Å². The fourth-order valence-corrected chi connectivity index (χ4v) is 1.36. The molecule has 0 aliphatic heterocycles. The second-order valence-electron chi connectivity index (χ2n) is 3.94. The summed E-state index contributed by atoms with van der Waals surface area (Å²) in [6.07, 6.45) is 1.73. The van der Waals surface area contributed by atoms with Crippen molar-refractivity contribution in [2.45, 2.75) is 13.8 Å². The number of H-pyrrole nitrogens is 1. The quantitative estimate of drug-likeness (QED) is 0.668. The van der Waals surface area contributed by atoms with Crippen molar-refractivity contribution >= 4 is 11.9 Å². The molecule has 0 atom stereocenters. The summed E-state index contributed by atoms with van der Waals surface area (Å²) in [5.74, 6) is -2.24. The Morgan fingerprint density at radius 3 is 1.71 bits per heavy atom. The lowest BCUT2D eigenvalue weighted by Gasteiger charge is -1.99. The second-order valence-corrected chi connectivity index (χ2v) is 3.94. The molecule has 4 N–H and O–H groups in total. The van der Waals surface area contributed by atoms with Crippen LogP contribution >= 0.6 is 0 Å². The number of aryl methyl sites for hydroxylation is 2. The number of hydrogen-bond acceptors (Lipinski definition) is 4. The molecule has 7 nitrogen and oxygen atoms in total. The van der Waals surface area contributed by atoms with Crippen LogP contribution in [0.1, 0.15) is 32.0 Å². The number of nitrogens with one attached hydrogen (secondary N) is 1. The average Bonchev–Trinajstić information content (AvgIpc) is 2.92. The molecule has 0 radical (unpaired) electrons. The first-order chi connectivity index (χ1) is 9.90. The van der Waals surface area contributed by atoms with E-state index in [2.05, 4.69) is 10.2 Å². The Morgan fingerprint density at radius 1 is 1.00 bits per heavy atom. The summed E-state index contributed by atoms with van der Waals surface area (Å²) in [6.45, 7) is 3.62. The van der Waals surface area contributed by atoms with Crippen molar-refractivity contribution in [3.63, 3.8) is 0 Å². The van der Waals surface area contributed by atoms with Gasteiger partial charge in [0, 0.05) is 19.0 Å². The van der Waals surface area contributed by atoms with Crippen molar-refractivity contribution in [3.8, 4) is 0 Å². The topological polar surface area (TPSA) is 124 Å². The van der Waals surface area contributed by atoms with E-state index in [0.717, 1.165) is 18.9 Å². The molecule has 21 heavy (non-hydrogen) atoms. The van der Waals surface area contributed by atoms with Crippen LogP contribution in [0, 0.1) is 13.8 Å². The third-order valence-corrected chi connectivity index (χ3v) is 2.21. The van der Waals surface area contributed by atoms with Gasteiger partial charge in [0.05, 0.1) is 11.1 Å². The number of aromatic nitrogens is 2. The van der Waals surface area contributed by atoms with Crippen LogP contribution in [0.2, 0.25) is 0 Å². The summed E-state index contributed by atoms with van der Waals surface area (Å²) in [5.41, 5.74) is 1.72. The molecule has 1 aromatic heterocycles. The number of benzene rings is 1. The van der Waals surface area contributed by atoms with Crippen molar-refractivity contribution in [1.82, 2.24) is 10.2 Å². The van der Waals surface area contributed by atoms with Gasteiger partial charge in [0.15, 0.2) is 0 Å². The van der Waals surface area contributed by atoms with Gasteiger partial charge in [-0.1, -0.05) is 0 Å². The first kappa shape index (κ1) is 18.3. The van der Waals surface area contributed by atoms with Crippen LogP contribution in [-0.4, -0.2) is 44.6 Å².